The van der Waals surface area contributed by atoms with Crippen molar-refractivity contribution in [1.29, 1.82) is 0 Å². The highest BCUT2D eigenvalue weighted by molar-refractivity contribution is 5.88. The topological polar surface area (TPSA) is 43.4 Å². The van der Waals surface area contributed by atoms with E-state index in [1.807, 2.05) is 13.8 Å². The van der Waals surface area contributed by atoms with Crippen molar-refractivity contribution in [1.82, 2.24) is 0 Å². The van der Waals surface area contributed by atoms with Crippen molar-refractivity contribution in [3.8, 4) is 0 Å². The van der Waals surface area contributed by atoms with Crippen LogP contribution in [0.4, 0.5) is 4.39 Å². The van der Waals surface area contributed by atoms with Gasteiger partial charge in [-0.1, -0.05) is 26.0 Å². The molecule has 1 unspecified atom stereocenters. The lowest BCUT2D eigenvalue weighted by Crippen LogP contribution is -2.22. The maximum absolute atomic E-state index is 12.8. The summed E-state index contributed by atoms with van der Waals surface area (Å²) in [5.74, 6) is -2.19. The Labute approximate surface area is 99.6 Å². The van der Waals surface area contributed by atoms with Crippen LogP contribution in [-0.2, 0) is 14.3 Å². The van der Waals surface area contributed by atoms with Crippen LogP contribution in [0.5, 0.6) is 0 Å². The molecule has 0 aromatic heterocycles. The highest BCUT2D eigenvalue weighted by Crippen LogP contribution is 2.26. The van der Waals surface area contributed by atoms with Crippen LogP contribution in [-0.4, -0.2) is 11.9 Å². The van der Waals surface area contributed by atoms with Crippen molar-refractivity contribution >= 4 is 11.9 Å². The molecule has 17 heavy (non-hydrogen) atoms. The van der Waals surface area contributed by atoms with E-state index in [2.05, 4.69) is 4.74 Å². The van der Waals surface area contributed by atoms with E-state index in [0.717, 1.165) is 0 Å². The summed E-state index contributed by atoms with van der Waals surface area (Å²) in [6.07, 6.45) is 0. The summed E-state index contributed by atoms with van der Waals surface area (Å²) in [6, 6.07) is 5.63. The smallest absolute Gasteiger partial charge is 0.321 e. The molecule has 0 saturated heterocycles. The van der Waals surface area contributed by atoms with Crippen LogP contribution in [0.25, 0.3) is 0 Å². The Morgan fingerprint density at radius 2 is 1.71 bits per heavy atom. The van der Waals surface area contributed by atoms with Gasteiger partial charge in [0.25, 0.3) is 0 Å². The van der Waals surface area contributed by atoms with E-state index < -0.39 is 17.9 Å². The standard InChI is InChI=1S/C13H15FO3/c1-8(2)12(13(16)17-9(3)15)10-4-6-11(14)7-5-10/h4-8,12H,1-3H3. The number of halogens is 1. The predicted octanol–water partition coefficient (Wildman–Crippen LogP) is 2.66. The molecule has 1 atom stereocenters. The summed E-state index contributed by atoms with van der Waals surface area (Å²) in [6.45, 7) is 4.87. The van der Waals surface area contributed by atoms with Gasteiger partial charge < -0.3 is 4.74 Å². The SMILES string of the molecule is CC(=O)OC(=O)C(c1ccc(F)cc1)C(C)C. The Morgan fingerprint density at radius 1 is 1.18 bits per heavy atom. The van der Waals surface area contributed by atoms with E-state index in [9.17, 15) is 14.0 Å². The molecule has 1 rings (SSSR count). The van der Waals surface area contributed by atoms with Gasteiger partial charge in [-0.3, -0.25) is 9.59 Å². The largest absolute Gasteiger partial charge is 0.393 e. The zero-order chi connectivity index (χ0) is 13.0. The molecule has 1 aromatic carbocycles. The van der Waals surface area contributed by atoms with E-state index in [4.69, 9.17) is 0 Å². The Balaban J connectivity index is 2.97. The molecule has 0 heterocycles. The number of carbonyl (C=O) groups is 2. The minimum absolute atomic E-state index is 0.0349. The molecule has 0 bridgehead atoms. The minimum Gasteiger partial charge on any atom is -0.393 e. The first-order chi connectivity index (χ1) is 7.91. The van der Waals surface area contributed by atoms with Gasteiger partial charge in [0.15, 0.2) is 0 Å². The molecular formula is C13H15FO3. The number of hydrogen-bond donors (Lipinski definition) is 0. The molecule has 0 aliphatic rings. The Kier molecular flexibility index (Phi) is 4.37. The van der Waals surface area contributed by atoms with Gasteiger partial charge in [-0.15, -0.1) is 0 Å². The number of carbonyl (C=O) groups excluding carboxylic acids is 2. The van der Waals surface area contributed by atoms with E-state index in [1.54, 1.807) is 0 Å². The summed E-state index contributed by atoms with van der Waals surface area (Å²) in [5.41, 5.74) is 0.646. The number of hydrogen-bond acceptors (Lipinski definition) is 3. The van der Waals surface area contributed by atoms with Crippen molar-refractivity contribution < 1.29 is 18.7 Å². The monoisotopic (exact) mass is 238 g/mol. The molecular weight excluding hydrogens is 223 g/mol. The molecule has 3 nitrogen and oxygen atoms in total. The van der Waals surface area contributed by atoms with Crippen molar-refractivity contribution in [3.05, 3.63) is 35.6 Å². The first kappa shape index (κ1) is 13.4. The quantitative estimate of drug-likeness (QED) is 0.600. The van der Waals surface area contributed by atoms with Crippen LogP contribution < -0.4 is 0 Å². The van der Waals surface area contributed by atoms with Gasteiger partial charge in [-0.25, -0.2) is 4.39 Å². The Morgan fingerprint density at radius 3 is 2.12 bits per heavy atom. The lowest BCUT2D eigenvalue weighted by atomic mass is 9.88. The molecule has 0 radical (unpaired) electrons. The second-order valence-corrected chi connectivity index (χ2v) is 4.19. The average molecular weight is 238 g/mol. The maximum Gasteiger partial charge on any atom is 0.321 e. The van der Waals surface area contributed by atoms with Crippen LogP contribution in [0.15, 0.2) is 24.3 Å². The third-order valence-corrected chi connectivity index (χ3v) is 2.39. The number of benzene rings is 1. The summed E-state index contributed by atoms with van der Waals surface area (Å²) in [4.78, 5) is 22.5. The van der Waals surface area contributed by atoms with Gasteiger partial charge in [0.2, 0.25) is 0 Å². The van der Waals surface area contributed by atoms with Crippen molar-refractivity contribution in [3.63, 3.8) is 0 Å². The average Bonchev–Trinajstić information content (AvgIpc) is 2.19. The molecule has 0 N–H and O–H groups in total. The zero-order valence-electron chi connectivity index (χ0n) is 10.1. The minimum atomic E-state index is -0.636. The highest BCUT2D eigenvalue weighted by Gasteiger charge is 2.26. The van der Waals surface area contributed by atoms with E-state index in [0.29, 0.717) is 5.56 Å². The fraction of sp³-hybridized carbons (Fsp3) is 0.385. The highest BCUT2D eigenvalue weighted by atomic mass is 19.1. The number of rotatable bonds is 3. The van der Waals surface area contributed by atoms with Gasteiger partial charge in [0.1, 0.15) is 5.82 Å². The Hall–Kier alpha value is -1.71. The first-order valence-electron chi connectivity index (χ1n) is 5.39. The lowest BCUT2D eigenvalue weighted by molar-refractivity contribution is -0.159. The summed E-state index contributed by atoms with van der Waals surface area (Å²) < 4.78 is 17.4. The maximum atomic E-state index is 12.8. The molecule has 0 spiro atoms. The van der Waals surface area contributed by atoms with Crippen LogP contribution >= 0.6 is 0 Å². The van der Waals surface area contributed by atoms with Gasteiger partial charge in [-0.05, 0) is 23.6 Å². The number of esters is 2. The van der Waals surface area contributed by atoms with E-state index in [-0.39, 0.29) is 11.7 Å². The summed E-state index contributed by atoms with van der Waals surface area (Å²) >= 11 is 0. The molecule has 1 aromatic rings. The van der Waals surface area contributed by atoms with Crippen molar-refractivity contribution in [2.24, 2.45) is 5.92 Å². The molecule has 0 saturated carbocycles. The normalized spacial score (nSPS) is 12.3. The van der Waals surface area contributed by atoms with Crippen LogP contribution in [0.1, 0.15) is 32.3 Å². The van der Waals surface area contributed by atoms with Crippen molar-refractivity contribution in [2.75, 3.05) is 0 Å². The fourth-order valence-corrected chi connectivity index (χ4v) is 1.67. The van der Waals surface area contributed by atoms with Gasteiger partial charge in [0.05, 0.1) is 5.92 Å². The van der Waals surface area contributed by atoms with Crippen LogP contribution in [0.2, 0.25) is 0 Å². The first-order valence-corrected chi connectivity index (χ1v) is 5.39. The van der Waals surface area contributed by atoms with Crippen LogP contribution in [0, 0.1) is 11.7 Å². The second-order valence-electron chi connectivity index (χ2n) is 4.19. The van der Waals surface area contributed by atoms with Gasteiger partial charge >= 0.3 is 11.9 Å². The molecule has 0 aliphatic heterocycles. The molecule has 4 heteroatoms. The predicted molar refractivity (Wildman–Crippen MR) is 60.8 cm³/mol. The second kappa shape index (κ2) is 5.57. The molecule has 92 valence electrons. The van der Waals surface area contributed by atoms with Crippen LogP contribution in [0.3, 0.4) is 0 Å². The van der Waals surface area contributed by atoms with Gasteiger partial charge in [0, 0.05) is 6.92 Å². The van der Waals surface area contributed by atoms with E-state index in [1.165, 1.54) is 31.2 Å². The lowest BCUT2D eigenvalue weighted by Gasteiger charge is -2.18. The summed E-state index contributed by atoms with van der Waals surface area (Å²) in [7, 11) is 0. The Bertz CT molecular complexity index is 409. The fourth-order valence-electron chi connectivity index (χ4n) is 1.67. The number of ether oxygens (including phenoxy) is 1. The summed E-state index contributed by atoms with van der Waals surface area (Å²) in [5, 5.41) is 0. The van der Waals surface area contributed by atoms with E-state index >= 15 is 0 Å². The molecule has 0 amide bonds. The third kappa shape index (κ3) is 3.66. The van der Waals surface area contributed by atoms with Gasteiger partial charge in [-0.2, -0.15) is 0 Å². The zero-order valence-corrected chi connectivity index (χ0v) is 10.1. The molecule has 0 aliphatic carbocycles. The molecule has 0 fully saturated rings. The third-order valence-electron chi connectivity index (χ3n) is 2.39. The van der Waals surface area contributed by atoms with Crippen molar-refractivity contribution in [2.45, 2.75) is 26.7 Å².